The molecule has 0 radical (unpaired) electrons. The Morgan fingerprint density at radius 2 is 2.06 bits per heavy atom. The van der Waals surface area contributed by atoms with Gasteiger partial charge < -0.3 is 4.74 Å². The molecule has 18 heavy (non-hydrogen) atoms. The number of pyridine rings is 1. The predicted molar refractivity (Wildman–Crippen MR) is 78.1 cm³/mol. The average Bonchev–Trinajstić information content (AvgIpc) is 2.41. The van der Waals surface area contributed by atoms with Crippen molar-refractivity contribution >= 4 is 28.4 Å². The van der Waals surface area contributed by atoms with Gasteiger partial charge in [0.2, 0.25) is 0 Å². The fraction of sp³-hybridized carbons (Fsp3) is 0.143. The largest absolute Gasteiger partial charge is 0.455 e. The molecule has 0 unspecified atom stereocenters. The first-order valence-corrected chi connectivity index (χ1v) is 6.70. The molecule has 0 aliphatic rings. The van der Waals surface area contributed by atoms with Crippen LogP contribution >= 0.6 is 22.6 Å². The Balaban J connectivity index is 2.16. The van der Waals surface area contributed by atoms with Crippen LogP contribution < -0.4 is 4.74 Å². The summed E-state index contributed by atoms with van der Waals surface area (Å²) in [5.41, 5.74) is 0.479. The molecule has 0 N–H and O–H groups in total. The molecule has 1 aromatic heterocycles. The van der Waals surface area contributed by atoms with E-state index in [2.05, 4.69) is 27.6 Å². The van der Waals surface area contributed by atoms with E-state index >= 15 is 0 Å². The molecule has 2 aromatic rings. The normalized spacial score (nSPS) is 10.1. The van der Waals surface area contributed by atoms with Gasteiger partial charge in [-0.05, 0) is 46.9 Å². The molecule has 0 atom stereocenters. The van der Waals surface area contributed by atoms with Crippen LogP contribution in [0.5, 0.6) is 11.5 Å². The third-order valence-corrected chi connectivity index (χ3v) is 3.30. The molecule has 1 heterocycles. The summed E-state index contributed by atoms with van der Waals surface area (Å²) in [6, 6.07) is 11.2. The lowest BCUT2D eigenvalue weighted by molar-refractivity contribution is 0.0983. The second-order valence-corrected chi connectivity index (χ2v) is 4.85. The van der Waals surface area contributed by atoms with E-state index in [0.717, 1.165) is 9.32 Å². The number of carbonyl (C=O) groups is 1. The minimum Gasteiger partial charge on any atom is -0.455 e. The van der Waals surface area contributed by atoms with Crippen molar-refractivity contribution < 1.29 is 9.53 Å². The quantitative estimate of drug-likeness (QED) is 0.614. The van der Waals surface area contributed by atoms with Crippen LogP contribution in [0.3, 0.4) is 0 Å². The van der Waals surface area contributed by atoms with Gasteiger partial charge in [-0.25, -0.2) is 4.98 Å². The number of rotatable bonds is 4. The SMILES string of the molecule is CCC(=O)c1ccc(Oc2ccccc2I)cn1. The summed E-state index contributed by atoms with van der Waals surface area (Å²) in [6.45, 7) is 1.82. The van der Waals surface area contributed by atoms with E-state index in [9.17, 15) is 4.79 Å². The maximum absolute atomic E-state index is 11.4. The van der Waals surface area contributed by atoms with E-state index < -0.39 is 0 Å². The molecule has 0 saturated carbocycles. The van der Waals surface area contributed by atoms with Crippen LogP contribution in [0.4, 0.5) is 0 Å². The first-order chi connectivity index (χ1) is 8.70. The Labute approximate surface area is 119 Å². The lowest BCUT2D eigenvalue weighted by Gasteiger charge is -2.07. The number of halogens is 1. The fourth-order valence-corrected chi connectivity index (χ4v) is 1.94. The van der Waals surface area contributed by atoms with Crippen molar-refractivity contribution in [2.45, 2.75) is 13.3 Å². The monoisotopic (exact) mass is 353 g/mol. The zero-order chi connectivity index (χ0) is 13.0. The Morgan fingerprint density at radius 1 is 1.28 bits per heavy atom. The van der Waals surface area contributed by atoms with Crippen LogP contribution in [0.25, 0.3) is 0 Å². The minimum absolute atomic E-state index is 0.0378. The van der Waals surface area contributed by atoms with Gasteiger partial charge in [0.05, 0.1) is 9.77 Å². The third-order valence-electron chi connectivity index (χ3n) is 2.41. The van der Waals surface area contributed by atoms with Gasteiger partial charge in [0.1, 0.15) is 17.2 Å². The van der Waals surface area contributed by atoms with Crippen LogP contribution in [0, 0.1) is 3.57 Å². The number of hydrogen-bond acceptors (Lipinski definition) is 3. The number of carbonyl (C=O) groups excluding carboxylic acids is 1. The van der Waals surface area contributed by atoms with Crippen molar-refractivity contribution in [2.24, 2.45) is 0 Å². The number of Topliss-reactive ketones (excluding diaryl/α,β-unsaturated/α-hetero) is 1. The predicted octanol–water partition coefficient (Wildman–Crippen LogP) is 4.07. The van der Waals surface area contributed by atoms with Crippen LogP contribution in [-0.2, 0) is 0 Å². The summed E-state index contributed by atoms with van der Waals surface area (Å²) in [5.74, 6) is 1.46. The minimum atomic E-state index is 0.0378. The highest BCUT2D eigenvalue weighted by atomic mass is 127. The molecule has 0 bridgehead atoms. The maximum atomic E-state index is 11.4. The van der Waals surface area contributed by atoms with E-state index in [1.54, 1.807) is 18.3 Å². The number of nitrogens with zero attached hydrogens (tertiary/aromatic N) is 1. The molecular formula is C14H12INO2. The molecule has 0 saturated heterocycles. The van der Waals surface area contributed by atoms with Crippen molar-refractivity contribution in [1.82, 2.24) is 4.98 Å². The van der Waals surface area contributed by atoms with Gasteiger partial charge in [0.15, 0.2) is 5.78 Å². The van der Waals surface area contributed by atoms with Crippen molar-refractivity contribution in [3.63, 3.8) is 0 Å². The van der Waals surface area contributed by atoms with E-state index in [0.29, 0.717) is 17.9 Å². The summed E-state index contributed by atoms with van der Waals surface area (Å²) >= 11 is 2.21. The second-order valence-electron chi connectivity index (χ2n) is 3.69. The molecule has 0 amide bonds. The maximum Gasteiger partial charge on any atom is 0.180 e. The van der Waals surface area contributed by atoms with Crippen LogP contribution in [0.2, 0.25) is 0 Å². The number of ketones is 1. The molecule has 0 spiro atoms. The van der Waals surface area contributed by atoms with E-state index in [1.165, 1.54) is 0 Å². The number of aromatic nitrogens is 1. The molecule has 0 aliphatic carbocycles. The van der Waals surface area contributed by atoms with Crippen molar-refractivity contribution in [1.29, 1.82) is 0 Å². The lowest BCUT2D eigenvalue weighted by atomic mass is 10.2. The Hall–Kier alpha value is -1.43. The van der Waals surface area contributed by atoms with Crippen LogP contribution in [0.1, 0.15) is 23.8 Å². The summed E-state index contributed by atoms with van der Waals surface area (Å²) in [5, 5.41) is 0. The molecule has 3 nitrogen and oxygen atoms in total. The van der Waals surface area contributed by atoms with Gasteiger partial charge in [-0.15, -0.1) is 0 Å². The van der Waals surface area contributed by atoms with Gasteiger partial charge in [-0.3, -0.25) is 4.79 Å². The van der Waals surface area contributed by atoms with E-state index in [-0.39, 0.29) is 5.78 Å². The summed E-state index contributed by atoms with van der Waals surface area (Å²) < 4.78 is 6.73. The Kier molecular flexibility index (Phi) is 4.30. The fourth-order valence-electron chi connectivity index (χ4n) is 1.44. The highest BCUT2D eigenvalue weighted by molar-refractivity contribution is 14.1. The summed E-state index contributed by atoms with van der Waals surface area (Å²) in [6.07, 6.45) is 2.04. The highest BCUT2D eigenvalue weighted by Gasteiger charge is 2.06. The first kappa shape index (κ1) is 13.0. The van der Waals surface area contributed by atoms with Gasteiger partial charge in [-0.1, -0.05) is 19.1 Å². The second kappa shape index (κ2) is 5.95. The van der Waals surface area contributed by atoms with Crippen molar-refractivity contribution in [3.8, 4) is 11.5 Å². The van der Waals surface area contributed by atoms with Crippen molar-refractivity contribution in [3.05, 3.63) is 51.9 Å². The molecule has 0 fully saturated rings. The number of ether oxygens (including phenoxy) is 1. The van der Waals surface area contributed by atoms with Gasteiger partial charge in [-0.2, -0.15) is 0 Å². The molecule has 0 aliphatic heterocycles. The average molecular weight is 353 g/mol. The van der Waals surface area contributed by atoms with Crippen LogP contribution in [0.15, 0.2) is 42.6 Å². The standard InChI is InChI=1S/C14H12INO2/c1-2-13(17)12-8-7-10(9-16-12)18-14-6-4-3-5-11(14)15/h3-9H,2H2,1H3. The topological polar surface area (TPSA) is 39.2 Å². The van der Waals surface area contributed by atoms with Crippen LogP contribution in [-0.4, -0.2) is 10.8 Å². The number of hydrogen-bond donors (Lipinski definition) is 0. The zero-order valence-corrected chi connectivity index (χ0v) is 12.0. The van der Waals surface area contributed by atoms with Gasteiger partial charge in [0, 0.05) is 6.42 Å². The third kappa shape index (κ3) is 3.07. The zero-order valence-electron chi connectivity index (χ0n) is 9.89. The van der Waals surface area contributed by atoms with Crippen molar-refractivity contribution in [2.75, 3.05) is 0 Å². The lowest BCUT2D eigenvalue weighted by Crippen LogP contribution is -1.99. The smallest absolute Gasteiger partial charge is 0.180 e. The molecular weight excluding hydrogens is 341 g/mol. The highest BCUT2D eigenvalue weighted by Crippen LogP contribution is 2.25. The summed E-state index contributed by atoms with van der Waals surface area (Å²) in [4.78, 5) is 15.5. The molecule has 1 aromatic carbocycles. The van der Waals surface area contributed by atoms with Gasteiger partial charge >= 0.3 is 0 Å². The first-order valence-electron chi connectivity index (χ1n) is 5.62. The molecule has 4 heteroatoms. The van der Waals surface area contributed by atoms with E-state index in [4.69, 9.17) is 4.74 Å². The molecule has 92 valence electrons. The number of para-hydroxylation sites is 1. The molecule has 2 rings (SSSR count). The summed E-state index contributed by atoms with van der Waals surface area (Å²) in [7, 11) is 0. The Bertz CT molecular complexity index is 552. The van der Waals surface area contributed by atoms with Gasteiger partial charge in [0.25, 0.3) is 0 Å². The van der Waals surface area contributed by atoms with E-state index in [1.807, 2.05) is 31.2 Å². The Morgan fingerprint density at radius 3 is 2.67 bits per heavy atom. The number of benzene rings is 1.